The van der Waals surface area contributed by atoms with Gasteiger partial charge in [-0.2, -0.15) is 0 Å². The van der Waals surface area contributed by atoms with Gasteiger partial charge in [-0.15, -0.1) is 0 Å². The summed E-state index contributed by atoms with van der Waals surface area (Å²) in [6, 6.07) is 7.97. The molecular weight excluding hydrogens is 268 g/mol. The summed E-state index contributed by atoms with van der Waals surface area (Å²) in [4.78, 5) is 0. The summed E-state index contributed by atoms with van der Waals surface area (Å²) >= 11 is 0. The monoisotopic (exact) mass is 294 g/mol. The fourth-order valence-electron chi connectivity index (χ4n) is 2.92. The van der Waals surface area contributed by atoms with E-state index in [0.29, 0.717) is 0 Å². The zero-order chi connectivity index (χ0) is 15.6. The van der Waals surface area contributed by atoms with Crippen LogP contribution in [-0.2, 0) is 0 Å². The third kappa shape index (κ3) is 5.45. The molecule has 0 N–H and O–H groups in total. The van der Waals surface area contributed by atoms with Gasteiger partial charge in [0.05, 0.1) is 7.11 Å². The minimum Gasteiger partial charge on any atom is -0.497 e. The van der Waals surface area contributed by atoms with Crippen LogP contribution in [0.3, 0.4) is 0 Å². The van der Waals surface area contributed by atoms with E-state index >= 15 is 0 Å². The van der Waals surface area contributed by atoms with E-state index in [1.165, 1.54) is 32.1 Å². The van der Waals surface area contributed by atoms with Crippen LogP contribution in [0, 0.1) is 23.7 Å². The number of allylic oxidation sites excluding steroid dienone is 3. The summed E-state index contributed by atoms with van der Waals surface area (Å²) in [6.07, 6.45) is 15.0. The summed E-state index contributed by atoms with van der Waals surface area (Å²) in [6.45, 7) is 2.31. The average molecular weight is 294 g/mol. The molecule has 0 aromatic heterocycles. The fraction of sp³-hybridized carbons (Fsp3) is 0.429. The van der Waals surface area contributed by atoms with Gasteiger partial charge >= 0.3 is 0 Å². The number of hydrogen-bond donors (Lipinski definition) is 0. The van der Waals surface area contributed by atoms with Crippen molar-refractivity contribution in [2.24, 2.45) is 11.8 Å². The number of rotatable bonds is 4. The smallest absolute Gasteiger partial charge is 0.118 e. The highest BCUT2D eigenvalue weighted by molar-refractivity contribution is 5.54. The summed E-state index contributed by atoms with van der Waals surface area (Å²) in [7, 11) is 1.68. The second-order valence-electron chi connectivity index (χ2n) is 5.94. The third-order valence-electron chi connectivity index (χ3n) is 4.48. The van der Waals surface area contributed by atoms with Crippen molar-refractivity contribution in [3.63, 3.8) is 0 Å². The highest BCUT2D eigenvalue weighted by Gasteiger charge is 2.17. The van der Waals surface area contributed by atoms with Crippen molar-refractivity contribution >= 4 is 6.08 Å². The number of ether oxygens (including phenoxy) is 1. The Morgan fingerprint density at radius 3 is 2.36 bits per heavy atom. The number of hydrogen-bond acceptors (Lipinski definition) is 1. The van der Waals surface area contributed by atoms with Gasteiger partial charge in [-0.1, -0.05) is 43.4 Å². The Kier molecular flexibility index (Phi) is 6.84. The van der Waals surface area contributed by atoms with Gasteiger partial charge in [0.1, 0.15) is 5.75 Å². The van der Waals surface area contributed by atoms with E-state index < -0.39 is 0 Å². The SMILES string of the molecule is CC[C@H]1CC[C@H](C=CC#CC=Cc2ccc(OC)cc2)CC1. The molecule has 0 unspecified atom stereocenters. The lowest BCUT2D eigenvalue weighted by atomic mass is 9.81. The zero-order valence-electron chi connectivity index (χ0n) is 13.7. The van der Waals surface area contributed by atoms with Crippen LogP contribution in [0.2, 0.25) is 0 Å². The molecular formula is C21H26O. The molecule has 1 aromatic carbocycles. The Morgan fingerprint density at radius 2 is 1.73 bits per heavy atom. The quantitative estimate of drug-likeness (QED) is 0.668. The van der Waals surface area contributed by atoms with Crippen LogP contribution in [0.25, 0.3) is 6.08 Å². The molecule has 1 saturated carbocycles. The minimum absolute atomic E-state index is 0.739. The zero-order valence-corrected chi connectivity index (χ0v) is 13.7. The van der Waals surface area contributed by atoms with Crippen LogP contribution in [-0.4, -0.2) is 7.11 Å². The maximum Gasteiger partial charge on any atom is 0.118 e. The molecule has 1 aliphatic carbocycles. The Labute approximate surface area is 135 Å². The van der Waals surface area contributed by atoms with Gasteiger partial charge in [0, 0.05) is 0 Å². The molecule has 1 fully saturated rings. The first-order valence-corrected chi connectivity index (χ1v) is 8.30. The molecule has 0 amide bonds. The topological polar surface area (TPSA) is 9.23 Å². The van der Waals surface area contributed by atoms with E-state index in [9.17, 15) is 0 Å². The number of methoxy groups -OCH3 is 1. The second kappa shape index (κ2) is 9.15. The predicted octanol–water partition coefficient (Wildman–Crippen LogP) is 5.48. The van der Waals surface area contributed by atoms with Crippen molar-refractivity contribution < 1.29 is 4.74 Å². The molecule has 1 aliphatic rings. The summed E-state index contributed by atoms with van der Waals surface area (Å²) < 4.78 is 5.14. The minimum atomic E-state index is 0.739. The van der Waals surface area contributed by atoms with Crippen LogP contribution in [0.4, 0.5) is 0 Å². The van der Waals surface area contributed by atoms with Crippen LogP contribution >= 0.6 is 0 Å². The fourth-order valence-corrected chi connectivity index (χ4v) is 2.92. The van der Waals surface area contributed by atoms with Crippen molar-refractivity contribution in [1.29, 1.82) is 0 Å². The Morgan fingerprint density at radius 1 is 1.05 bits per heavy atom. The van der Waals surface area contributed by atoms with E-state index in [1.54, 1.807) is 7.11 Å². The molecule has 0 saturated heterocycles. The molecule has 0 atom stereocenters. The predicted molar refractivity (Wildman–Crippen MR) is 94.7 cm³/mol. The number of benzene rings is 1. The molecule has 0 aliphatic heterocycles. The van der Waals surface area contributed by atoms with Crippen LogP contribution in [0.1, 0.15) is 44.6 Å². The van der Waals surface area contributed by atoms with Gasteiger partial charge < -0.3 is 4.74 Å². The van der Waals surface area contributed by atoms with Crippen molar-refractivity contribution in [3.05, 3.63) is 48.1 Å². The summed E-state index contributed by atoms with van der Waals surface area (Å²) in [5.41, 5.74) is 1.14. The van der Waals surface area contributed by atoms with Gasteiger partial charge in [0.25, 0.3) is 0 Å². The van der Waals surface area contributed by atoms with Gasteiger partial charge in [0.2, 0.25) is 0 Å². The molecule has 116 valence electrons. The largest absolute Gasteiger partial charge is 0.497 e. The lowest BCUT2D eigenvalue weighted by Crippen LogP contribution is -2.11. The normalized spacial score (nSPS) is 21.7. The van der Waals surface area contributed by atoms with Gasteiger partial charge in [-0.25, -0.2) is 0 Å². The van der Waals surface area contributed by atoms with E-state index in [1.807, 2.05) is 42.5 Å². The molecule has 1 nitrogen and oxygen atoms in total. The van der Waals surface area contributed by atoms with E-state index in [4.69, 9.17) is 4.74 Å². The Balaban J connectivity index is 1.76. The first-order valence-electron chi connectivity index (χ1n) is 8.30. The molecule has 0 heterocycles. The Bertz CT molecular complexity index is 546. The molecule has 0 bridgehead atoms. The van der Waals surface area contributed by atoms with E-state index in [2.05, 4.69) is 24.8 Å². The summed E-state index contributed by atoms with van der Waals surface area (Å²) in [5.74, 6) is 8.76. The van der Waals surface area contributed by atoms with Gasteiger partial charge in [0.15, 0.2) is 0 Å². The average Bonchev–Trinajstić information content (AvgIpc) is 2.59. The van der Waals surface area contributed by atoms with Crippen molar-refractivity contribution in [2.75, 3.05) is 7.11 Å². The molecule has 22 heavy (non-hydrogen) atoms. The first kappa shape index (κ1) is 16.4. The lowest BCUT2D eigenvalue weighted by molar-refractivity contribution is 0.304. The lowest BCUT2D eigenvalue weighted by Gasteiger charge is -2.25. The third-order valence-corrected chi connectivity index (χ3v) is 4.48. The second-order valence-corrected chi connectivity index (χ2v) is 5.94. The van der Waals surface area contributed by atoms with Crippen molar-refractivity contribution in [1.82, 2.24) is 0 Å². The standard InChI is InChI=1S/C21H26O/c1-3-18-10-12-19(13-11-18)8-6-4-5-7-9-20-14-16-21(22-2)17-15-20/h6-9,14-19H,3,10-13H2,1-2H3/t18-,19-. The first-order chi connectivity index (χ1) is 10.8. The maximum absolute atomic E-state index is 5.14. The molecule has 0 radical (unpaired) electrons. The molecule has 1 heteroatoms. The van der Waals surface area contributed by atoms with E-state index in [0.717, 1.165) is 23.1 Å². The molecule has 1 aromatic rings. The van der Waals surface area contributed by atoms with Gasteiger partial charge in [-0.05, 0) is 73.4 Å². The van der Waals surface area contributed by atoms with E-state index in [-0.39, 0.29) is 0 Å². The maximum atomic E-state index is 5.14. The van der Waals surface area contributed by atoms with Gasteiger partial charge in [-0.3, -0.25) is 0 Å². The van der Waals surface area contributed by atoms with Crippen molar-refractivity contribution in [3.8, 4) is 17.6 Å². The van der Waals surface area contributed by atoms with Crippen LogP contribution < -0.4 is 4.74 Å². The van der Waals surface area contributed by atoms with Crippen LogP contribution in [0.15, 0.2) is 42.5 Å². The highest BCUT2D eigenvalue weighted by Crippen LogP contribution is 2.31. The van der Waals surface area contributed by atoms with Crippen molar-refractivity contribution in [2.45, 2.75) is 39.0 Å². The summed E-state index contributed by atoms with van der Waals surface area (Å²) in [5, 5.41) is 0. The highest BCUT2D eigenvalue weighted by atomic mass is 16.5. The molecule has 2 rings (SSSR count). The molecule has 0 spiro atoms. The van der Waals surface area contributed by atoms with Crippen LogP contribution in [0.5, 0.6) is 5.75 Å². The Hall–Kier alpha value is -1.94.